The highest BCUT2D eigenvalue weighted by Gasteiger charge is 1.91. The van der Waals surface area contributed by atoms with Crippen LogP contribution in [0.2, 0.25) is 0 Å². The molecule has 0 unspecified atom stereocenters. The molecule has 0 aliphatic rings. The van der Waals surface area contributed by atoms with Crippen LogP contribution in [0.15, 0.2) is 0 Å². The van der Waals surface area contributed by atoms with Gasteiger partial charge >= 0.3 is 0 Å². The van der Waals surface area contributed by atoms with Gasteiger partial charge in [-0.25, -0.2) is 15.0 Å². The summed E-state index contributed by atoms with van der Waals surface area (Å²) in [5.74, 6) is 2.38. The Morgan fingerprint density at radius 2 is 0.889 bits per heavy atom. The van der Waals surface area contributed by atoms with Crippen molar-refractivity contribution in [1.82, 2.24) is 15.0 Å². The number of aryl methyl sites for hydroxylation is 3. The van der Waals surface area contributed by atoms with Crippen LogP contribution in [0.4, 0.5) is 0 Å². The van der Waals surface area contributed by atoms with E-state index >= 15 is 0 Å². The van der Waals surface area contributed by atoms with Crippen molar-refractivity contribution in [3.63, 3.8) is 0 Å². The SMILES string of the molecule is Cc1nc(C)nc(C)n1. The first-order chi connectivity index (χ1) is 4.18. The Morgan fingerprint density at radius 3 is 1.11 bits per heavy atom. The van der Waals surface area contributed by atoms with E-state index in [0.717, 1.165) is 17.5 Å². The topological polar surface area (TPSA) is 38.7 Å². The highest BCUT2D eigenvalue weighted by molar-refractivity contribution is 4.91. The van der Waals surface area contributed by atoms with Crippen LogP contribution in [0.25, 0.3) is 0 Å². The molecular formula is C6H9N3. The molecule has 0 spiro atoms. The minimum Gasteiger partial charge on any atom is -0.219 e. The lowest BCUT2D eigenvalue weighted by Crippen LogP contribution is -1.97. The first-order valence-electron chi connectivity index (χ1n) is 2.84. The zero-order valence-electron chi connectivity index (χ0n) is 5.84. The highest BCUT2D eigenvalue weighted by Crippen LogP contribution is 1.90. The van der Waals surface area contributed by atoms with E-state index in [2.05, 4.69) is 15.0 Å². The van der Waals surface area contributed by atoms with Gasteiger partial charge in [-0.3, -0.25) is 0 Å². The fourth-order valence-corrected chi connectivity index (χ4v) is 0.777. The molecule has 0 bridgehead atoms. The summed E-state index contributed by atoms with van der Waals surface area (Å²) < 4.78 is 0. The van der Waals surface area contributed by atoms with Gasteiger partial charge in [0.05, 0.1) is 0 Å². The average molecular weight is 123 g/mol. The third-order valence-electron chi connectivity index (χ3n) is 0.971. The molecule has 1 aromatic rings. The summed E-state index contributed by atoms with van der Waals surface area (Å²) in [5, 5.41) is 0. The quantitative estimate of drug-likeness (QED) is 0.512. The second kappa shape index (κ2) is 2.09. The van der Waals surface area contributed by atoms with E-state index in [0.29, 0.717) is 0 Å². The Hall–Kier alpha value is -0.990. The van der Waals surface area contributed by atoms with Gasteiger partial charge in [-0.1, -0.05) is 0 Å². The number of nitrogens with zero attached hydrogens (tertiary/aromatic N) is 3. The maximum Gasteiger partial charge on any atom is 0.129 e. The van der Waals surface area contributed by atoms with Crippen molar-refractivity contribution in [1.29, 1.82) is 0 Å². The van der Waals surface area contributed by atoms with Gasteiger partial charge in [0.2, 0.25) is 0 Å². The molecule has 0 atom stereocenters. The molecule has 0 saturated carbocycles. The third kappa shape index (κ3) is 1.45. The Balaban J connectivity index is 3.17. The van der Waals surface area contributed by atoms with E-state index in [1.54, 1.807) is 0 Å². The van der Waals surface area contributed by atoms with E-state index in [-0.39, 0.29) is 0 Å². The fourth-order valence-electron chi connectivity index (χ4n) is 0.777. The molecule has 0 aliphatic heterocycles. The van der Waals surface area contributed by atoms with Gasteiger partial charge in [-0.05, 0) is 20.8 Å². The minimum absolute atomic E-state index is 0.792. The minimum atomic E-state index is 0.792. The van der Waals surface area contributed by atoms with Crippen LogP contribution in [-0.4, -0.2) is 15.0 Å². The molecule has 1 aromatic heterocycles. The lowest BCUT2D eigenvalue weighted by atomic mass is 10.6. The van der Waals surface area contributed by atoms with Gasteiger partial charge < -0.3 is 0 Å². The summed E-state index contributed by atoms with van der Waals surface area (Å²) >= 11 is 0. The smallest absolute Gasteiger partial charge is 0.129 e. The molecule has 0 fully saturated rings. The largest absolute Gasteiger partial charge is 0.219 e. The number of hydrogen-bond acceptors (Lipinski definition) is 3. The highest BCUT2D eigenvalue weighted by atomic mass is 15.0. The van der Waals surface area contributed by atoms with Crippen molar-refractivity contribution < 1.29 is 0 Å². The molecule has 3 heteroatoms. The Labute approximate surface area is 54.2 Å². The summed E-state index contributed by atoms with van der Waals surface area (Å²) in [7, 11) is 0. The van der Waals surface area contributed by atoms with Crippen molar-refractivity contribution in [3.8, 4) is 0 Å². The van der Waals surface area contributed by atoms with Gasteiger partial charge in [0.1, 0.15) is 17.5 Å². The summed E-state index contributed by atoms with van der Waals surface area (Å²) in [5.41, 5.74) is 0. The second-order valence-corrected chi connectivity index (χ2v) is 1.98. The number of hydrogen-bond donors (Lipinski definition) is 0. The fraction of sp³-hybridized carbons (Fsp3) is 0.500. The zero-order chi connectivity index (χ0) is 6.85. The van der Waals surface area contributed by atoms with Crippen molar-refractivity contribution in [3.05, 3.63) is 17.5 Å². The summed E-state index contributed by atoms with van der Waals surface area (Å²) in [4.78, 5) is 12.0. The Bertz CT molecular complexity index is 169. The van der Waals surface area contributed by atoms with Crippen LogP contribution in [-0.2, 0) is 0 Å². The molecule has 0 aliphatic carbocycles. The van der Waals surface area contributed by atoms with Crippen LogP contribution in [0.1, 0.15) is 17.5 Å². The van der Waals surface area contributed by atoms with Crippen molar-refractivity contribution >= 4 is 0 Å². The third-order valence-corrected chi connectivity index (χ3v) is 0.971. The molecule has 9 heavy (non-hydrogen) atoms. The Morgan fingerprint density at radius 1 is 0.667 bits per heavy atom. The molecule has 0 radical (unpaired) electrons. The van der Waals surface area contributed by atoms with Crippen LogP contribution in [0.3, 0.4) is 0 Å². The van der Waals surface area contributed by atoms with E-state index in [4.69, 9.17) is 0 Å². The lowest BCUT2D eigenvalue weighted by molar-refractivity contribution is 0.875. The molecule has 1 rings (SSSR count). The van der Waals surface area contributed by atoms with Gasteiger partial charge in [0.15, 0.2) is 0 Å². The van der Waals surface area contributed by atoms with Gasteiger partial charge in [0, 0.05) is 0 Å². The molecule has 0 saturated heterocycles. The first-order valence-corrected chi connectivity index (χ1v) is 2.84. The molecule has 1 heterocycles. The first kappa shape index (κ1) is 6.13. The molecule has 0 N–H and O–H groups in total. The summed E-state index contributed by atoms with van der Waals surface area (Å²) in [6.45, 7) is 5.59. The van der Waals surface area contributed by atoms with Crippen molar-refractivity contribution in [2.45, 2.75) is 20.8 Å². The Kier molecular flexibility index (Phi) is 1.42. The molecule has 0 amide bonds. The van der Waals surface area contributed by atoms with Gasteiger partial charge in [-0.2, -0.15) is 0 Å². The standard InChI is InChI=1S/C6H9N3/c1-4-7-5(2)9-6(3)8-4/h1-3H3. The predicted molar refractivity (Wildman–Crippen MR) is 34.0 cm³/mol. The maximum atomic E-state index is 4.01. The number of rotatable bonds is 0. The molecule has 3 nitrogen and oxygen atoms in total. The van der Waals surface area contributed by atoms with E-state index in [1.807, 2.05) is 20.8 Å². The average Bonchev–Trinajstić information content (AvgIpc) is 1.59. The van der Waals surface area contributed by atoms with Gasteiger partial charge in [0.25, 0.3) is 0 Å². The van der Waals surface area contributed by atoms with Crippen molar-refractivity contribution in [2.75, 3.05) is 0 Å². The van der Waals surface area contributed by atoms with E-state index < -0.39 is 0 Å². The van der Waals surface area contributed by atoms with E-state index in [1.165, 1.54) is 0 Å². The number of aromatic nitrogens is 3. The predicted octanol–water partition coefficient (Wildman–Crippen LogP) is 0.797. The van der Waals surface area contributed by atoms with Crippen LogP contribution >= 0.6 is 0 Å². The molecular weight excluding hydrogens is 114 g/mol. The maximum absolute atomic E-state index is 4.01. The lowest BCUT2D eigenvalue weighted by Gasteiger charge is -1.94. The normalized spacial score (nSPS) is 9.67. The van der Waals surface area contributed by atoms with Crippen molar-refractivity contribution in [2.24, 2.45) is 0 Å². The monoisotopic (exact) mass is 123 g/mol. The molecule has 48 valence electrons. The summed E-state index contributed by atoms with van der Waals surface area (Å²) in [6.07, 6.45) is 0. The zero-order valence-corrected chi connectivity index (χ0v) is 5.84. The molecule has 0 aromatic carbocycles. The summed E-state index contributed by atoms with van der Waals surface area (Å²) in [6, 6.07) is 0. The second-order valence-electron chi connectivity index (χ2n) is 1.98. The van der Waals surface area contributed by atoms with Gasteiger partial charge in [-0.15, -0.1) is 0 Å². The van der Waals surface area contributed by atoms with Crippen LogP contribution in [0.5, 0.6) is 0 Å². The van der Waals surface area contributed by atoms with Crippen LogP contribution in [0, 0.1) is 20.8 Å². The van der Waals surface area contributed by atoms with Crippen LogP contribution < -0.4 is 0 Å². The van der Waals surface area contributed by atoms with E-state index in [9.17, 15) is 0 Å².